The van der Waals surface area contributed by atoms with E-state index in [1.165, 1.54) is 7.11 Å². The Hall–Kier alpha value is -2.50. The summed E-state index contributed by atoms with van der Waals surface area (Å²) >= 11 is 0. The second kappa shape index (κ2) is 6.30. The van der Waals surface area contributed by atoms with Gasteiger partial charge in [0, 0.05) is 26.5 Å². The van der Waals surface area contributed by atoms with E-state index >= 15 is 0 Å². The quantitative estimate of drug-likeness (QED) is 0.841. The predicted octanol–water partition coefficient (Wildman–Crippen LogP) is 1.71. The van der Waals surface area contributed by atoms with Gasteiger partial charge in [-0.1, -0.05) is 0 Å². The van der Waals surface area contributed by atoms with Gasteiger partial charge in [0.25, 0.3) is 5.91 Å². The third-order valence-electron chi connectivity index (χ3n) is 3.28. The Balaban J connectivity index is 2.24. The molecule has 6 nitrogen and oxygen atoms in total. The van der Waals surface area contributed by atoms with Gasteiger partial charge in [-0.3, -0.25) is 4.79 Å². The lowest BCUT2D eigenvalue weighted by Crippen LogP contribution is -2.27. The van der Waals surface area contributed by atoms with Crippen LogP contribution in [0.1, 0.15) is 16.2 Å². The van der Waals surface area contributed by atoms with E-state index in [0.29, 0.717) is 23.6 Å². The third-order valence-corrected chi connectivity index (χ3v) is 3.28. The first-order chi connectivity index (χ1) is 10.1. The summed E-state index contributed by atoms with van der Waals surface area (Å²) in [5.74, 6) is 1.80. The molecule has 0 aliphatic rings. The Labute approximate surface area is 123 Å². The van der Waals surface area contributed by atoms with Crippen LogP contribution in [0.3, 0.4) is 0 Å². The first kappa shape index (κ1) is 14.9. The zero-order chi connectivity index (χ0) is 15.4. The largest absolute Gasteiger partial charge is 0.497 e. The van der Waals surface area contributed by atoms with E-state index in [1.54, 1.807) is 43.5 Å². The Morgan fingerprint density at radius 2 is 2.10 bits per heavy atom. The number of rotatable bonds is 5. The molecule has 1 aromatic carbocycles. The van der Waals surface area contributed by atoms with Crippen molar-refractivity contribution in [3.8, 4) is 11.5 Å². The van der Waals surface area contributed by atoms with Crippen molar-refractivity contribution in [2.45, 2.75) is 6.54 Å². The summed E-state index contributed by atoms with van der Waals surface area (Å²) in [6.07, 6.45) is 3.56. The van der Waals surface area contributed by atoms with Gasteiger partial charge in [-0.25, -0.2) is 4.98 Å². The lowest BCUT2D eigenvalue weighted by molar-refractivity contribution is 0.0776. The smallest absolute Gasteiger partial charge is 0.257 e. The van der Waals surface area contributed by atoms with Gasteiger partial charge >= 0.3 is 0 Å². The standard InChI is InChI=1S/C15H19N3O3/c1-17-8-7-16-14(17)10-18(2)15(19)12-9-11(20-3)5-6-13(12)21-4/h5-9H,10H2,1-4H3. The Kier molecular flexibility index (Phi) is 4.47. The molecule has 1 aromatic heterocycles. The van der Waals surface area contributed by atoms with Crippen LogP contribution in [0.5, 0.6) is 11.5 Å². The average molecular weight is 289 g/mol. The summed E-state index contributed by atoms with van der Waals surface area (Å²) in [5.41, 5.74) is 0.466. The fourth-order valence-electron chi connectivity index (χ4n) is 2.02. The van der Waals surface area contributed by atoms with Gasteiger partial charge in [-0.2, -0.15) is 0 Å². The number of methoxy groups -OCH3 is 2. The van der Waals surface area contributed by atoms with Gasteiger partial charge < -0.3 is 18.9 Å². The van der Waals surface area contributed by atoms with E-state index < -0.39 is 0 Å². The molecule has 0 aliphatic heterocycles. The molecule has 0 spiro atoms. The molecule has 0 unspecified atom stereocenters. The van der Waals surface area contributed by atoms with Crippen molar-refractivity contribution in [1.29, 1.82) is 0 Å². The highest BCUT2D eigenvalue weighted by atomic mass is 16.5. The molecule has 0 radical (unpaired) electrons. The molecule has 0 N–H and O–H groups in total. The van der Waals surface area contributed by atoms with Crippen LogP contribution in [-0.2, 0) is 13.6 Å². The van der Waals surface area contributed by atoms with Crippen molar-refractivity contribution in [3.05, 3.63) is 42.0 Å². The summed E-state index contributed by atoms with van der Waals surface area (Å²) in [7, 11) is 6.73. The summed E-state index contributed by atoms with van der Waals surface area (Å²) < 4.78 is 12.3. The van der Waals surface area contributed by atoms with Crippen molar-refractivity contribution in [1.82, 2.24) is 14.5 Å². The minimum absolute atomic E-state index is 0.145. The summed E-state index contributed by atoms with van der Waals surface area (Å²) in [6, 6.07) is 5.16. The molecule has 0 bridgehead atoms. The normalized spacial score (nSPS) is 10.3. The summed E-state index contributed by atoms with van der Waals surface area (Å²) in [4.78, 5) is 18.4. The lowest BCUT2D eigenvalue weighted by Gasteiger charge is -2.19. The van der Waals surface area contributed by atoms with Gasteiger partial charge in [-0.05, 0) is 18.2 Å². The highest BCUT2D eigenvalue weighted by Gasteiger charge is 2.19. The van der Waals surface area contributed by atoms with Crippen LogP contribution in [-0.4, -0.2) is 41.6 Å². The second-order valence-electron chi connectivity index (χ2n) is 4.68. The van der Waals surface area contributed by atoms with Crippen molar-refractivity contribution in [3.63, 3.8) is 0 Å². The van der Waals surface area contributed by atoms with Crippen LogP contribution in [0.2, 0.25) is 0 Å². The topological polar surface area (TPSA) is 56.6 Å². The number of carbonyl (C=O) groups excluding carboxylic acids is 1. The van der Waals surface area contributed by atoms with Crippen LogP contribution in [0.25, 0.3) is 0 Å². The van der Waals surface area contributed by atoms with Crippen molar-refractivity contribution < 1.29 is 14.3 Å². The SMILES string of the molecule is COc1ccc(OC)c(C(=O)N(C)Cc2nccn2C)c1. The lowest BCUT2D eigenvalue weighted by atomic mass is 10.1. The number of aryl methyl sites for hydroxylation is 1. The molecule has 0 saturated carbocycles. The molecular formula is C15H19N3O3. The molecule has 6 heteroatoms. The fraction of sp³-hybridized carbons (Fsp3) is 0.333. The minimum atomic E-state index is -0.145. The van der Waals surface area contributed by atoms with E-state index in [-0.39, 0.29) is 5.91 Å². The molecule has 2 rings (SSSR count). The molecule has 112 valence electrons. The zero-order valence-electron chi connectivity index (χ0n) is 12.7. The number of aromatic nitrogens is 2. The van der Waals surface area contributed by atoms with Crippen LogP contribution < -0.4 is 9.47 Å². The molecule has 0 aliphatic carbocycles. The van der Waals surface area contributed by atoms with Crippen molar-refractivity contribution in [2.24, 2.45) is 7.05 Å². The van der Waals surface area contributed by atoms with Gasteiger partial charge in [0.15, 0.2) is 0 Å². The van der Waals surface area contributed by atoms with Gasteiger partial charge in [0.05, 0.1) is 26.3 Å². The maximum absolute atomic E-state index is 12.6. The summed E-state index contributed by atoms with van der Waals surface area (Å²) in [5, 5.41) is 0. The van der Waals surface area contributed by atoms with Crippen LogP contribution >= 0.6 is 0 Å². The Morgan fingerprint density at radius 1 is 1.33 bits per heavy atom. The Morgan fingerprint density at radius 3 is 2.67 bits per heavy atom. The van der Waals surface area contributed by atoms with E-state index in [0.717, 1.165) is 5.82 Å². The number of nitrogens with zero attached hydrogens (tertiary/aromatic N) is 3. The molecular weight excluding hydrogens is 270 g/mol. The molecule has 21 heavy (non-hydrogen) atoms. The van der Waals surface area contributed by atoms with Crippen molar-refractivity contribution >= 4 is 5.91 Å². The maximum Gasteiger partial charge on any atom is 0.257 e. The van der Waals surface area contributed by atoms with E-state index in [9.17, 15) is 4.79 Å². The maximum atomic E-state index is 12.6. The fourth-order valence-corrected chi connectivity index (χ4v) is 2.02. The minimum Gasteiger partial charge on any atom is -0.497 e. The van der Waals surface area contributed by atoms with E-state index in [4.69, 9.17) is 9.47 Å². The number of benzene rings is 1. The van der Waals surface area contributed by atoms with Crippen LogP contribution in [0.15, 0.2) is 30.6 Å². The second-order valence-corrected chi connectivity index (χ2v) is 4.68. The molecule has 2 aromatic rings. The number of imidazole rings is 1. The molecule has 1 amide bonds. The number of ether oxygens (including phenoxy) is 2. The van der Waals surface area contributed by atoms with Crippen molar-refractivity contribution in [2.75, 3.05) is 21.3 Å². The Bertz CT molecular complexity index is 637. The molecule has 0 fully saturated rings. The molecule has 0 saturated heterocycles. The highest BCUT2D eigenvalue weighted by Crippen LogP contribution is 2.25. The summed E-state index contributed by atoms with van der Waals surface area (Å²) in [6.45, 7) is 0.419. The van der Waals surface area contributed by atoms with Crippen LogP contribution in [0.4, 0.5) is 0 Å². The van der Waals surface area contributed by atoms with Gasteiger partial charge in [0.1, 0.15) is 17.3 Å². The monoisotopic (exact) mass is 289 g/mol. The van der Waals surface area contributed by atoms with Gasteiger partial charge in [-0.15, -0.1) is 0 Å². The molecule has 0 atom stereocenters. The first-order valence-electron chi connectivity index (χ1n) is 6.50. The zero-order valence-corrected chi connectivity index (χ0v) is 12.7. The molecule has 1 heterocycles. The average Bonchev–Trinajstić information content (AvgIpc) is 2.90. The third kappa shape index (κ3) is 3.16. The van der Waals surface area contributed by atoms with Gasteiger partial charge in [0.2, 0.25) is 0 Å². The number of amides is 1. The predicted molar refractivity (Wildman–Crippen MR) is 78.6 cm³/mol. The number of hydrogen-bond acceptors (Lipinski definition) is 4. The van der Waals surface area contributed by atoms with E-state index in [2.05, 4.69) is 4.98 Å². The highest BCUT2D eigenvalue weighted by molar-refractivity contribution is 5.97. The first-order valence-corrected chi connectivity index (χ1v) is 6.50. The number of hydrogen-bond donors (Lipinski definition) is 0. The number of carbonyl (C=O) groups is 1. The van der Waals surface area contributed by atoms with Crippen LogP contribution in [0, 0.1) is 0 Å². The van der Waals surface area contributed by atoms with E-state index in [1.807, 2.05) is 17.8 Å².